The average Bonchev–Trinajstić information content (AvgIpc) is 2.74. The third kappa shape index (κ3) is 6.62. The molecular weight excluding hydrogens is 380 g/mol. The highest BCUT2D eigenvalue weighted by atomic mass is 32.1. The van der Waals surface area contributed by atoms with E-state index in [9.17, 15) is 4.79 Å². The summed E-state index contributed by atoms with van der Waals surface area (Å²) in [6, 6.07) is 28.1. The number of carbonyl (C=O) groups is 1. The lowest BCUT2D eigenvalue weighted by atomic mass is 10.2. The fourth-order valence-electron chi connectivity index (χ4n) is 2.81. The number of benzene rings is 3. The smallest absolute Gasteiger partial charge is 0.235 e. The molecule has 0 aliphatic carbocycles. The van der Waals surface area contributed by atoms with Gasteiger partial charge in [-0.1, -0.05) is 60.7 Å². The molecule has 148 valence electrons. The molecule has 5 nitrogen and oxygen atoms in total. The summed E-state index contributed by atoms with van der Waals surface area (Å²) in [5.74, 6) is -0.147. The fraction of sp³-hybridized carbons (Fsp3) is 0.130. The third-order valence-corrected chi connectivity index (χ3v) is 4.60. The molecule has 1 amide bonds. The molecule has 3 aromatic rings. The van der Waals surface area contributed by atoms with Gasteiger partial charge in [0, 0.05) is 25.7 Å². The van der Waals surface area contributed by atoms with Crippen LogP contribution in [0.25, 0.3) is 0 Å². The first-order valence-electron chi connectivity index (χ1n) is 9.36. The van der Waals surface area contributed by atoms with Crippen molar-refractivity contribution in [3.05, 3.63) is 96.1 Å². The standard InChI is InChI=1S/C23H24N4OS/c1-18(28)25-26-22-14-12-21(13-15-22)24-23(29)27(16-19-8-4-2-5-9-19)17-20-10-6-3-7-11-20/h2-15,26H,16-17H2,1H3,(H,24,29)(H,25,28). The predicted molar refractivity (Wildman–Crippen MR) is 122 cm³/mol. The zero-order valence-electron chi connectivity index (χ0n) is 16.3. The van der Waals surface area contributed by atoms with E-state index in [2.05, 4.69) is 45.3 Å². The van der Waals surface area contributed by atoms with Gasteiger partial charge < -0.3 is 10.2 Å². The molecular formula is C23H24N4OS. The Balaban J connectivity index is 1.69. The highest BCUT2D eigenvalue weighted by Gasteiger charge is 2.12. The minimum atomic E-state index is -0.147. The van der Waals surface area contributed by atoms with E-state index >= 15 is 0 Å². The quantitative estimate of drug-likeness (QED) is 0.398. The number of hydrazine groups is 1. The van der Waals surface area contributed by atoms with Crippen molar-refractivity contribution in [3.8, 4) is 0 Å². The molecule has 0 saturated carbocycles. The van der Waals surface area contributed by atoms with Crippen LogP contribution in [-0.4, -0.2) is 15.9 Å². The zero-order chi connectivity index (χ0) is 20.5. The van der Waals surface area contributed by atoms with Crippen LogP contribution in [0.2, 0.25) is 0 Å². The second kappa shape index (κ2) is 10.2. The Kier molecular flexibility index (Phi) is 7.19. The molecule has 0 unspecified atom stereocenters. The molecule has 0 aliphatic heterocycles. The van der Waals surface area contributed by atoms with Gasteiger partial charge in [0.25, 0.3) is 0 Å². The summed E-state index contributed by atoms with van der Waals surface area (Å²) in [5.41, 5.74) is 9.46. The minimum absolute atomic E-state index is 0.147. The SMILES string of the molecule is CC(=O)NNc1ccc(NC(=S)N(Cc2ccccc2)Cc2ccccc2)cc1. The van der Waals surface area contributed by atoms with E-state index in [1.165, 1.54) is 18.1 Å². The van der Waals surface area contributed by atoms with Crippen molar-refractivity contribution in [2.45, 2.75) is 20.0 Å². The number of amides is 1. The molecule has 0 bridgehead atoms. The van der Waals surface area contributed by atoms with Gasteiger partial charge in [-0.2, -0.15) is 0 Å². The van der Waals surface area contributed by atoms with E-state index in [1.807, 2.05) is 60.7 Å². The first-order valence-corrected chi connectivity index (χ1v) is 9.77. The van der Waals surface area contributed by atoms with Crippen molar-refractivity contribution in [1.29, 1.82) is 0 Å². The normalized spacial score (nSPS) is 10.1. The number of anilines is 2. The molecule has 0 atom stereocenters. The van der Waals surface area contributed by atoms with E-state index < -0.39 is 0 Å². The molecule has 29 heavy (non-hydrogen) atoms. The number of hydrogen-bond acceptors (Lipinski definition) is 3. The van der Waals surface area contributed by atoms with Crippen LogP contribution in [0.3, 0.4) is 0 Å². The highest BCUT2D eigenvalue weighted by Crippen LogP contribution is 2.16. The van der Waals surface area contributed by atoms with Crippen LogP contribution in [0, 0.1) is 0 Å². The van der Waals surface area contributed by atoms with E-state index in [1.54, 1.807) is 0 Å². The van der Waals surface area contributed by atoms with Crippen LogP contribution >= 0.6 is 12.2 Å². The number of nitrogens with one attached hydrogen (secondary N) is 3. The second-order valence-electron chi connectivity index (χ2n) is 6.64. The predicted octanol–water partition coefficient (Wildman–Crippen LogP) is 4.55. The summed E-state index contributed by atoms with van der Waals surface area (Å²) in [6.45, 7) is 2.88. The summed E-state index contributed by atoms with van der Waals surface area (Å²) in [4.78, 5) is 13.1. The molecule has 0 spiro atoms. The molecule has 0 heterocycles. The molecule has 0 aromatic heterocycles. The average molecular weight is 405 g/mol. The van der Waals surface area contributed by atoms with E-state index in [0.29, 0.717) is 18.2 Å². The summed E-state index contributed by atoms with van der Waals surface area (Å²) >= 11 is 5.72. The summed E-state index contributed by atoms with van der Waals surface area (Å²) < 4.78 is 0. The maximum Gasteiger partial charge on any atom is 0.235 e. The van der Waals surface area contributed by atoms with E-state index in [4.69, 9.17) is 12.2 Å². The summed E-state index contributed by atoms with van der Waals surface area (Å²) in [7, 11) is 0. The van der Waals surface area contributed by atoms with Gasteiger partial charge in [-0.15, -0.1) is 0 Å². The third-order valence-electron chi connectivity index (χ3n) is 4.24. The van der Waals surface area contributed by atoms with Crippen LogP contribution in [0.15, 0.2) is 84.9 Å². The topological polar surface area (TPSA) is 56.4 Å². The maximum absolute atomic E-state index is 11.0. The molecule has 0 radical (unpaired) electrons. The molecule has 3 aromatic carbocycles. The molecule has 0 saturated heterocycles. The summed E-state index contributed by atoms with van der Waals surface area (Å²) in [6.07, 6.45) is 0. The molecule has 6 heteroatoms. The van der Waals surface area contributed by atoms with Gasteiger partial charge in [-0.3, -0.25) is 15.6 Å². The van der Waals surface area contributed by atoms with E-state index in [0.717, 1.165) is 11.4 Å². The zero-order valence-corrected chi connectivity index (χ0v) is 17.1. The number of carbonyl (C=O) groups excluding carboxylic acids is 1. The van der Waals surface area contributed by atoms with Gasteiger partial charge in [0.2, 0.25) is 5.91 Å². The van der Waals surface area contributed by atoms with Crippen molar-refractivity contribution in [2.24, 2.45) is 0 Å². The Bertz CT molecular complexity index is 889. The largest absolute Gasteiger partial charge is 0.340 e. The number of hydrogen-bond donors (Lipinski definition) is 3. The number of nitrogens with zero attached hydrogens (tertiary/aromatic N) is 1. The van der Waals surface area contributed by atoms with Crippen molar-refractivity contribution >= 4 is 34.6 Å². The Morgan fingerprint density at radius 2 is 1.28 bits per heavy atom. The molecule has 3 N–H and O–H groups in total. The van der Waals surface area contributed by atoms with Crippen molar-refractivity contribution < 1.29 is 4.79 Å². The van der Waals surface area contributed by atoms with Crippen LogP contribution in [0.4, 0.5) is 11.4 Å². The minimum Gasteiger partial charge on any atom is -0.340 e. The highest BCUT2D eigenvalue weighted by molar-refractivity contribution is 7.80. The lowest BCUT2D eigenvalue weighted by Gasteiger charge is -2.26. The van der Waals surface area contributed by atoms with Crippen molar-refractivity contribution in [2.75, 3.05) is 10.7 Å². The Labute approximate surface area is 176 Å². The van der Waals surface area contributed by atoms with Crippen molar-refractivity contribution in [3.63, 3.8) is 0 Å². The fourth-order valence-corrected chi connectivity index (χ4v) is 3.05. The summed E-state index contributed by atoms with van der Waals surface area (Å²) in [5, 5.41) is 3.97. The Hall–Kier alpha value is -3.38. The molecule has 0 fully saturated rings. The van der Waals surface area contributed by atoms with Gasteiger partial charge in [-0.05, 0) is 47.6 Å². The Morgan fingerprint density at radius 1 is 0.793 bits per heavy atom. The van der Waals surface area contributed by atoms with Crippen LogP contribution < -0.4 is 16.2 Å². The van der Waals surface area contributed by atoms with Crippen LogP contribution in [0.1, 0.15) is 18.1 Å². The second-order valence-corrected chi connectivity index (χ2v) is 7.03. The Morgan fingerprint density at radius 3 is 1.76 bits per heavy atom. The lowest BCUT2D eigenvalue weighted by molar-refractivity contribution is -0.118. The molecule has 3 rings (SSSR count). The van der Waals surface area contributed by atoms with Crippen molar-refractivity contribution in [1.82, 2.24) is 10.3 Å². The van der Waals surface area contributed by atoms with Crippen LogP contribution in [0.5, 0.6) is 0 Å². The van der Waals surface area contributed by atoms with Gasteiger partial charge in [-0.25, -0.2) is 0 Å². The maximum atomic E-state index is 11.0. The number of thiocarbonyl (C=S) groups is 1. The first kappa shape index (κ1) is 20.4. The first-order chi connectivity index (χ1) is 14.1. The monoisotopic (exact) mass is 404 g/mol. The lowest BCUT2D eigenvalue weighted by Crippen LogP contribution is -2.33. The van der Waals surface area contributed by atoms with Gasteiger partial charge >= 0.3 is 0 Å². The van der Waals surface area contributed by atoms with E-state index in [-0.39, 0.29) is 5.91 Å². The van der Waals surface area contributed by atoms with Gasteiger partial charge in [0.15, 0.2) is 5.11 Å². The molecule has 0 aliphatic rings. The van der Waals surface area contributed by atoms with Gasteiger partial charge in [0.1, 0.15) is 0 Å². The van der Waals surface area contributed by atoms with Gasteiger partial charge in [0.05, 0.1) is 5.69 Å². The van der Waals surface area contributed by atoms with Crippen LogP contribution in [-0.2, 0) is 17.9 Å². The number of rotatable bonds is 7.